The van der Waals surface area contributed by atoms with Gasteiger partial charge in [0.25, 0.3) is 0 Å². The third kappa shape index (κ3) is 67.8. The molecule has 0 aromatic carbocycles. The summed E-state index contributed by atoms with van der Waals surface area (Å²) < 4.78 is 17.0. The standard InChI is InChI=1S/C75H136O6/c1-4-7-10-13-16-19-22-25-28-29-30-31-32-33-34-35-36-37-38-39-40-41-42-43-44-45-46-47-48-51-53-56-59-62-65-68-74(77)80-71-72(81-75(78)69-66-63-60-57-54-50-27-24-21-18-15-12-9-6-3)70-79-73(76)67-64-61-58-55-52-49-26-23-20-17-14-11-8-5-2/h7,10,16,19,25,28,30-31,33-34,72H,4-6,8-9,11-15,17-18,20-24,26-27,29,32,35-71H2,1-3H3/b10-7-,19-16-,28-25-,31-30-,34-33-. The summed E-state index contributed by atoms with van der Waals surface area (Å²) in [4.78, 5) is 38.4. The maximum Gasteiger partial charge on any atom is 0.306 e. The monoisotopic (exact) mass is 1130 g/mol. The number of rotatable bonds is 66. The van der Waals surface area contributed by atoms with Gasteiger partial charge in [0, 0.05) is 19.3 Å². The molecular formula is C75H136O6. The summed E-state index contributed by atoms with van der Waals surface area (Å²) in [6.45, 7) is 6.59. The second kappa shape index (κ2) is 69.6. The summed E-state index contributed by atoms with van der Waals surface area (Å²) in [6, 6.07) is 0. The molecule has 6 nitrogen and oxygen atoms in total. The van der Waals surface area contributed by atoms with Crippen molar-refractivity contribution < 1.29 is 28.6 Å². The lowest BCUT2D eigenvalue weighted by Gasteiger charge is -2.18. The number of ether oxygens (including phenoxy) is 3. The molecule has 6 heteroatoms. The van der Waals surface area contributed by atoms with Gasteiger partial charge in [0.05, 0.1) is 0 Å². The maximum atomic E-state index is 12.9. The molecule has 0 aromatic heterocycles. The van der Waals surface area contributed by atoms with Crippen molar-refractivity contribution in [1.82, 2.24) is 0 Å². The minimum atomic E-state index is -0.768. The van der Waals surface area contributed by atoms with Gasteiger partial charge in [-0.2, -0.15) is 0 Å². The number of hydrogen-bond acceptors (Lipinski definition) is 6. The molecule has 1 unspecified atom stereocenters. The number of carbonyl (C=O) groups excluding carboxylic acids is 3. The first-order valence-corrected chi connectivity index (χ1v) is 35.8. The van der Waals surface area contributed by atoms with Crippen LogP contribution in [0, 0.1) is 0 Å². The number of carbonyl (C=O) groups is 3. The number of esters is 3. The highest BCUT2D eigenvalue weighted by Crippen LogP contribution is 2.19. The van der Waals surface area contributed by atoms with E-state index in [9.17, 15) is 14.4 Å². The van der Waals surface area contributed by atoms with E-state index < -0.39 is 6.10 Å². The molecule has 0 saturated heterocycles. The Balaban J connectivity index is 4.08. The van der Waals surface area contributed by atoms with Crippen molar-refractivity contribution in [3.05, 3.63) is 60.8 Å². The first-order valence-electron chi connectivity index (χ1n) is 35.8. The molecule has 0 heterocycles. The quantitative estimate of drug-likeness (QED) is 0.0261. The Hall–Kier alpha value is -2.89. The minimum absolute atomic E-state index is 0.0653. The number of unbranched alkanes of at least 4 members (excludes halogenated alkanes) is 45. The summed E-state index contributed by atoms with van der Waals surface area (Å²) in [5.41, 5.74) is 0. The Morgan fingerprint density at radius 3 is 0.753 bits per heavy atom. The van der Waals surface area contributed by atoms with Crippen molar-refractivity contribution in [2.75, 3.05) is 13.2 Å². The zero-order valence-electron chi connectivity index (χ0n) is 54.3. The highest BCUT2D eigenvalue weighted by Gasteiger charge is 2.19. The third-order valence-corrected chi connectivity index (χ3v) is 16.0. The lowest BCUT2D eigenvalue weighted by molar-refractivity contribution is -0.167. The van der Waals surface area contributed by atoms with Crippen LogP contribution >= 0.6 is 0 Å². The fourth-order valence-electron chi connectivity index (χ4n) is 10.7. The summed E-state index contributed by atoms with van der Waals surface area (Å²) in [5, 5.41) is 0. The Bertz CT molecular complexity index is 1440. The van der Waals surface area contributed by atoms with E-state index >= 15 is 0 Å². The molecule has 0 amide bonds. The lowest BCUT2D eigenvalue weighted by Crippen LogP contribution is -2.30. The molecule has 0 bridgehead atoms. The molecule has 0 spiro atoms. The van der Waals surface area contributed by atoms with Gasteiger partial charge in [-0.15, -0.1) is 0 Å². The normalized spacial score (nSPS) is 12.4. The summed E-state index contributed by atoms with van der Waals surface area (Å²) in [6.07, 6.45) is 89.8. The zero-order chi connectivity index (χ0) is 58.5. The van der Waals surface area contributed by atoms with Crippen molar-refractivity contribution in [2.45, 2.75) is 386 Å². The van der Waals surface area contributed by atoms with Gasteiger partial charge in [-0.1, -0.05) is 358 Å². The average molecular weight is 1130 g/mol. The molecule has 0 aliphatic rings. The molecule has 0 radical (unpaired) electrons. The van der Waals surface area contributed by atoms with Crippen LogP contribution in [0.5, 0.6) is 0 Å². The lowest BCUT2D eigenvalue weighted by atomic mass is 10.0. The molecule has 81 heavy (non-hydrogen) atoms. The first kappa shape index (κ1) is 78.1. The average Bonchev–Trinajstić information content (AvgIpc) is 3.47. The highest BCUT2D eigenvalue weighted by molar-refractivity contribution is 5.71. The SMILES string of the molecule is CC/C=C\C/C=C\C/C=C\C/C=C\C/C=C\CCCCCCCCCCCCCCCCCCCCCC(=O)OCC(COC(=O)CCCCCCCCCCCCCCCC)OC(=O)CCCCCCCCCCCCCCCC. The van der Waals surface area contributed by atoms with E-state index in [1.807, 2.05) is 0 Å². The fourth-order valence-corrected chi connectivity index (χ4v) is 10.7. The molecule has 0 aliphatic carbocycles. The Kier molecular flexibility index (Phi) is 67.1. The van der Waals surface area contributed by atoms with Gasteiger partial charge in [0.1, 0.15) is 13.2 Å². The van der Waals surface area contributed by atoms with Crippen LogP contribution in [0.25, 0.3) is 0 Å². The van der Waals surface area contributed by atoms with Crippen molar-refractivity contribution >= 4 is 17.9 Å². The molecular weight excluding hydrogens is 997 g/mol. The molecule has 0 rings (SSSR count). The molecule has 472 valence electrons. The van der Waals surface area contributed by atoms with Crippen LogP contribution in [0.4, 0.5) is 0 Å². The maximum absolute atomic E-state index is 12.9. The van der Waals surface area contributed by atoms with Crippen molar-refractivity contribution in [2.24, 2.45) is 0 Å². The summed E-state index contributed by atoms with van der Waals surface area (Å²) in [7, 11) is 0. The van der Waals surface area contributed by atoms with E-state index in [1.165, 1.54) is 250 Å². The Morgan fingerprint density at radius 2 is 0.481 bits per heavy atom. The summed E-state index contributed by atoms with van der Waals surface area (Å²) >= 11 is 0. The van der Waals surface area contributed by atoms with E-state index in [2.05, 4.69) is 81.5 Å². The smallest absolute Gasteiger partial charge is 0.306 e. The van der Waals surface area contributed by atoms with Crippen LogP contribution in [-0.4, -0.2) is 37.2 Å². The van der Waals surface area contributed by atoms with Gasteiger partial charge in [-0.25, -0.2) is 0 Å². The Morgan fingerprint density at radius 1 is 0.259 bits per heavy atom. The molecule has 0 aromatic rings. The van der Waals surface area contributed by atoms with Gasteiger partial charge in [0.15, 0.2) is 6.10 Å². The highest BCUT2D eigenvalue weighted by atomic mass is 16.6. The van der Waals surface area contributed by atoms with Crippen LogP contribution in [0.15, 0.2) is 60.8 Å². The summed E-state index contributed by atoms with van der Waals surface area (Å²) in [5.74, 6) is -0.836. The largest absolute Gasteiger partial charge is 0.462 e. The molecule has 0 N–H and O–H groups in total. The third-order valence-electron chi connectivity index (χ3n) is 16.0. The van der Waals surface area contributed by atoms with Crippen LogP contribution in [0.2, 0.25) is 0 Å². The van der Waals surface area contributed by atoms with Gasteiger partial charge in [0.2, 0.25) is 0 Å². The zero-order valence-corrected chi connectivity index (χ0v) is 54.3. The second-order valence-corrected chi connectivity index (χ2v) is 24.1. The van der Waals surface area contributed by atoms with Crippen LogP contribution in [0.1, 0.15) is 380 Å². The number of allylic oxidation sites excluding steroid dienone is 10. The van der Waals surface area contributed by atoms with Gasteiger partial charge in [-0.05, 0) is 64.2 Å². The molecule has 0 saturated carbocycles. The van der Waals surface area contributed by atoms with E-state index in [4.69, 9.17) is 14.2 Å². The predicted molar refractivity (Wildman–Crippen MR) is 353 cm³/mol. The van der Waals surface area contributed by atoms with Gasteiger partial charge >= 0.3 is 17.9 Å². The van der Waals surface area contributed by atoms with Gasteiger partial charge < -0.3 is 14.2 Å². The van der Waals surface area contributed by atoms with E-state index in [0.717, 1.165) is 89.9 Å². The Labute approximate surface area is 504 Å². The molecule has 0 fully saturated rings. The topological polar surface area (TPSA) is 78.9 Å². The van der Waals surface area contributed by atoms with E-state index in [0.29, 0.717) is 19.3 Å². The van der Waals surface area contributed by atoms with Gasteiger partial charge in [-0.3, -0.25) is 14.4 Å². The molecule has 1 atom stereocenters. The fraction of sp³-hybridized carbons (Fsp3) is 0.827. The van der Waals surface area contributed by atoms with Crippen LogP contribution in [0.3, 0.4) is 0 Å². The first-order chi connectivity index (χ1) is 40.0. The number of hydrogen-bond donors (Lipinski definition) is 0. The van der Waals surface area contributed by atoms with E-state index in [-0.39, 0.29) is 31.1 Å². The van der Waals surface area contributed by atoms with E-state index in [1.54, 1.807) is 0 Å². The minimum Gasteiger partial charge on any atom is -0.462 e. The van der Waals surface area contributed by atoms with Crippen LogP contribution < -0.4 is 0 Å². The van der Waals surface area contributed by atoms with Crippen molar-refractivity contribution in [3.63, 3.8) is 0 Å². The molecule has 0 aliphatic heterocycles. The van der Waals surface area contributed by atoms with Crippen molar-refractivity contribution in [3.8, 4) is 0 Å². The second-order valence-electron chi connectivity index (χ2n) is 24.1. The van der Waals surface area contributed by atoms with Crippen LogP contribution in [-0.2, 0) is 28.6 Å². The van der Waals surface area contributed by atoms with Crippen molar-refractivity contribution in [1.29, 1.82) is 0 Å². The predicted octanol–water partition coefficient (Wildman–Crippen LogP) is 24.7.